The van der Waals surface area contributed by atoms with Crippen molar-refractivity contribution in [1.29, 1.82) is 0 Å². The molecule has 17 aromatic carbocycles. The zero-order valence-corrected chi connectivity index (χ0v) is 72.5. The van der Waals surface area contributed by atoms with Crippen LogP contribution in [0.3, 0.4) is 0 Å². The van der Waals surface area contributed by atoms with E-state index in [1.807, 2.05) is 0 Å². The maximum Gasteiger partial charge on any atom is 0.252 e. The van der Waals surface area contributed by atoms with Gasteiger partial charge in [0, 0.05) is 106 Å². The highest BCUT2D eigenvalue weighted by molar-refractivity contribution is 7.00. The molecule has 125 heavy (non-hydrogen) atoms. The number of hydrogen-bond donors (Lipinski definition) is 0. The van der Waals surface area contributed by atoms with E-state index >= 15 is 0 Å². The van der Waals surface area contributed by atoms with Crippen LogP contribution in [0.4, 0.5) is 51.2 Å². The Morgan fingerprint density at radius 1 is 0.248 bits per heavy atom. The SMILES string of the molecule is [2H]c1c([2H])c([2H])c2c(c1[2H])c1c([2H])c([2H])c([2H])c([2H])c1n2-c1cc2c3c(c1)N(c1c(-c4ccccc4)cc(C(C)(C)C)cc1-c1ccccc1)c1cc(-n4c5ccc(C(C)(C)C)cc5c5cc(C(C)(C)C)ccc54)ccc1B3c1ccc(-n3c4ccccc4c4cc(N(c5ccccc5)c5ccccc5)ccc43)cc1N2c1c(-c2ccccc2)cc(C(C)(C)C)cc1-c1ccccc1. The number of hydrogen-bond acceptors (Lipinski definition) is 3. The largest absolute Gasteiger partial charge is 0.310 e. The molecule has 0 aliphatic carbocycles. The lowest BCUT2D eigenvalue weighted by Crippen LogP contribution is -2.61. The highest BCUT2D eigenvalue weighted by atomic mass is 15.2. The second kappa shape index (κ2) is 29.1. The molecule has 6 nitrogen and oxygen atoms in total. The van der Waals surface area contributed by atoms with Gasteiger partial charge in [0.1, 0.15) is 0 Å². The molecule has 0 saturated carbocycles. The van der Waals surface area contributed by atoms with Crippen molar-refractivity contribution in [2.45, 2.75) is 105 Å². The average Bonchev–Trinajstić information content (AvgIpc) is 1.67. The molecule has 0 spiro atoms. The van der Waals surface area contributed by atoms with Gasteiger partial charge in [0.15, 0.2) is 0 Å². The van der Waals surface area contributed by atoms with Gasteiger partial charge in [-0.15, -0.1) is 0 Å². The summed E-state index contributed by atoms with van der Waals surface area (Å²) in [6.07, 6.45) is 0. The van der Waals surface area contributed by atoms with Gasteiger partial charge in [-0.25, -0.2) is 0 Å². The summed E-state index contributed by atoms with van der Waals surface area (Å²) in [5.74, 6) is 0. The molecular formula is C118H99BN6. The molecule has 0 radical (unpaired) electrons. The van der Waals surface area contributed by atoms with Crippen molar-refractivity contribution in [2.24, 2.45) is 0 Å². The Morgan fingerprint density at radius 3 is 0.968 bits per heavy atom. The topological polar surface area (TPSA) is 24.5 Å². The van der Waals surface area contributed by atoms with E-state index in [2.05, 4.69) is 441 Å². The van der Waals surface area contributed by atoms with Crippen LogP contribution in [0.15, 0.2) is 382 Å². The fourth-order valence-corrected chi connectivity index (χ4v) is 19.7. The molecule has 0 saturated heterocycles. The standard InChI is InChI=1S/C118H99BN6/c1-115(2,3)80-55-62-105-97(65-80)98-66-81(116(4,5)6)56-63-106(98)122(105)88-58-61-101-109(73-88)125(114-95(78-41-23-15-24-42-78)69-83(118(10,11)12)70-96(114)79-43-25-16-26-44-79)111-75-89(123-102-52-34-31-49-90(102)91-50-32-35-53-103(91)123)74-110-112(111)119(101)100-60-57-87(72-108(100)124(110)113-93(76-37-19-13-20-38-76)67-82(117(7,8)9)68-94(113)77-39-21-14-22-40-77)121-104-54-36-33-51-92(104)99-71-86(59-64-107(99)121)120(84-45-27-17-28-46-84)85-47-29-18-30-48-85/h13-75H,1-12H3/i31D,32D,34D,35D,49D,50D,52D,53D. The number of fused-ring (bicyclic) bond motifs is 13. The number of aromatic nitrogens is 3. The van der Waals surface area contributed by atoms with Crippen LogP contribution in [-0.4, -0.2) is 20.4 Å². The summed E-state index contributed by atoms with van der Waals surface area (Å²) in [7, 11) is 0. The average molecular weight is 1620 g/mol. The van der Waals surface area contributed by atoms with E-state index in [1.54, 1.807) is 4.57 Å². The van der Waals surface area contributed by atoms with Crippen molar-refractivity contribution < 1.29 is 11.0 Å². The monoisotopic (exact) mass is 1620 g/mol. The summed E-state index contributed by atoms with van der Waals surface area (Å²) >= 11 is 0. The van der Waals surface area contributed by atoms with Crippen LogP contribution in [0.2, 0.25) is 0 Å². The molecule has 0 atom stereocenters. The molecule has 2 aliphatic rings. The summed E-state index contributed by atoms with van der Waals surface area (Å²) < 4.78 is 86.3. The van der Waals surface area contributed by atoms with Crippen LogP contribution >= 0.6 is 0 Å². The molecule has 0 unspecified atom stereocenters. The highest BCUT2D eigenvalue weighted by Gasteiger charge is 2.47. The summed E-state index contributed by atoms with van der Waals surface area (Å²) in [6, 6.07) is 118. The van der Waals surface area contributed by atoms with Gasteiger partial charge in [0.05, 0.1) is 61.1 Å². The Hall–Kier alpha value is -14.4. The minimum absolute atomic E-state index is 0.00142. The fraction of sp³-hybridized carbons (Fsp3) is 0.136. The van der Waals surface area contributed by atoms with Gasteiger partial charge in [-0.1, -0.05) is 320 Å². The van der Waals surface area contributed by atoms with Crippen molar-refractivity contribution >= 4 is 140 Å². The van der Waals surface area contributed by atoms with Crippen molar-refractivity contribution in [3.63, 3.8) is 0 Å². The van der Waals surface area contributed by atoms with Gasteiger partial charge in [0.25, 0.3) is 6.71 Å². The van der Waals surface area contributed by atoms with Crippen molar-refractivity contribution in [3.05, 3.63) is 404 Å². The number of benzene rings is 17. The van der Waals surface area contributed by atoms with Crippen LogP contribution in [0.1, 0.15) is 116 Å². The van der Waals surface area contributed by atoms with E-state index in [9.17, 15) is 11.0 Å². The second-order valence-electron chi connectivity index (χ2n) is 37.9. The first-order chi connectivity index (χ1) is 63.9. The first kappa shape index (κ1) is 68.2. The maximum absolute atomic E-state index is 10.5. The molecule has 0 bridgehead atoms. The van der Waals surface area contributed by atoms with Gasteiger partial charge in [-0.2, -0.15) is 0 Å². The van der Waals surface area contributed by atoms with E-state index in [-0.39, 0.29) is 38.1 Å². The Kier molecular flexibility index (Phi) is 15.9. The number of para-hydroxylation sites is 5. The number of nitrogens with zero attached hydrogens (tertiary/aromatic N) is 6. The lowest BCUT2D eigenvalue weighted by atomic mass is 9.33. The van der Waals surface area contributed by atoms with E-state index in [4.69, 9.17) is 0 Å². The maximum atomic E-state index is 10.5. The first-order valence-electron chi connectivity index (χ1n) is 47.6. The van der Waals surface area contributed by atoms with Gasteiger partial charge in [-0.05, 0) is 228 Å². The normalized spacial score (nSPS) is 13.8. The van der Waals surface area contributed by atoms with Gasteiger partial charge < -0.3 is 28.4 Å². The molecular weight excluding hydrogens is 1510 g/mol. The molecule has 7 heteroatoms. The third-order valence-electron chi connectivity index (χ3n) is 26.0. The predicted octanol–water partition coefficient (Wildman–Crippen LogP) is 30.4. The van der Waals surface area contributed by atoms with E-state index < -0.39 is 60.5 Å². The van der Waals surface area contributed by atoms with Crippen LogP contribution in [0, 0.1) is 0 Å². The zero-order chi connectivity index (χ0) is 92.1. The smallest absolute Gasteiger partial charge is 0.252 e. The van der Waals surface area contributed by atoms with Crippen LogP contribution < -0.4 is 31.1 Å². The van der Waals surface area contributed by atoms with Gasteiger partial charge in [-0.3, -0.25) is 0 Å². The summed E-state index contributed by atoms with van der Waals surface area (Å²) in [4.78, 5) is 7.30. The molecule has 604 valence electrons. The Labute approximate surface area is 745 Å². The molecule has 0 fully saturated rings. The summed E-state index contributed by atoms with van der Waals surface area (Å²) in [6.45, 7) is 26.7. The van der Waals surface area contributed by atoms with Crippen LogP contribution in [-0.2, 0) is 21.7 Å². The Balaban J connectivity index is 0.956. The van der Waals surface area contributed by atoms with Gasteiger partial charge in [0.2, 0.25) is 0 Å². The van der Waals surface area contributed by atoms with E-state index in [1.165, 1.54) is 11.1 Å². The number of anilines is 9. The van der Waals surface area contributed by atoms with Crippen molar-refractivity contribution in [3.8, 4) is 61.6 Å². The minimum atomic E-state index is -0.611. The predicted molar refractivity (Wildman–Crippen MR) is 535 cm³/mol. The zero-order valence-electron chi connectivity index (χ0n) is 80.5. The van der Waals surface area contributed by atoms with E-state index in [0.29, 0.717) is 11.4 Å². The Morgan fingerprint density at radius 2 is 0.576 bits per heavy atom. The minimum Gasteiger partial charge on any atom is -0.310 e. The van der Waals surface area contributed by atoms with E-state index in [0.717, 1.165) is 173 Å². The first-order valence-corrected chi connectivity index (χ1v) is 43.6. The quantitative estimate of drug-likeness (QED) is 0.114. The molecule has 3 aromatic heterocycles. The molecule has 0 amide bonds. The molecule has 0 N–H and O–H groups in total. The lowest BCUT2D eigenvalue weighted by Gasteiger charge is -2.46. The number of rotatable bonds is 12. The molecule has 5 heterocycles. The Bertz CT molecular complexity index is 7880. The third-order valence-corrected chi connectivity index (χ3v) is 26.0. The van der Waals surface area contributed by atoms with Crippen molar-refractivity contribution in [1.82, 2.24) is 13.7 Å². The molecule has 2 aliphatic heterocycles. The third kappa shape index (κ3) is 12.7. The van der Waals surface area contributed by atoms with Gasteiger partial charge >= 0.3 is 0 Å². The van der Waals surface area contributed by atoms with Crippen LogP contribution in [0.5, 0.6) is 0 Å². The lowest BCUT2D eigenvalue weighted by molar-refractivity contribution is 0.590. The molecule has 22 rings (SSSR count). The highest BCUT2D eigenvalue weighted by Crippen LogP contribution is 2.57. The summed E-state index contributed by atoms with van der Waals surface area (Å²) in [5.41, 5.74) is 28.3. The fourth-order valence-electron chi connectivity index (χ4n) is 19.7. The summed E-state index contributed by atoms with van der Waals surface area (Å²) in [5, 5.41) is 4.36. The van der Waals surface area contributed by atoms with Crippen LogP contribution in [0.25, 0.3) is 127 Å². The van der Waals surface area contributed by atoms with Crippen molar-refractivity contribution in [2.75, 3.05) is 14.7 Å². The second-order valence-corrected chi connectivity index (χ2v) is 37.9. The molecule has 20 aromatic rings.